The molecule has 0 fully saturated rings. The Morgan fingerprint density at radius 2 is 0.761 bits per heavy atom. The molecule has 2 unspecified atom stereocenters. The van der Waals surface area contributed by atoms with Crippen molar-refractivity contribution in [3.8, 4) is 0 Å². The third kappa shape index (κ3) is 54.6. The molecule has 0 radical (unpaired) electrons. The number of esters is 2. The topological polar surface area (TPSA) is 134 Å². The van der Waals surface area contributed by atoms with Gasteiger partial charge in [0.25, 0.3) is 0 Å². The Labute approximate surface area is 431 Å². The largest absolute Gasteiger partial charge is 0.472 e. The fourth-order valence-corrected chi connectivity index (χ4v) is 7.03. The highest BCUT2D eigenvalue weighted by molar-refractivity contribution is 7.47. The number of nitrogens with two attached hydrogens (primary N) is 1. The monoisotopic (exact) mass is 1000 g/mol. The van der Waals surface area contributed by atoms with Crippen LogP contribution in [0.5, 0.6) is 0 Å². The molecule has 10 heteroatoms. The average molecular weight is 1000 g/mol. The minimum atomic E-state index is -4.42. The number of hydrogen-bond acceptors (Lipinski definition) is 8. The summed E-state index contributed by atoms with van der Waals surface area (Å²) in [6, 6.07) is 0. The van der Waals surface area contributed by atoms with Gasteiger partial charge >= 0.3 is 19.8 Å². The van der Waals surface area contributed by atoms with Crippen molar-refractivity contribution in [3.63, 3.8) is 0 Å². The molecule has 0 aromatic rings. The van der Waals surface area contributed by atoms with E-state index in [4.69, 9.17) is 24.3 Å². The van der Waals surface area contributed by atoms with Gasteiger partial charge in [-0.1, -0.05) is 210 Å². The van der Waals surface area contributed by atoms with E-state index in [0.29, 0.717) is 12.8 Å². The van der Waals surface area contributed by atoms with Crippen molar-refractivity contribution in [1.82, 2.24) is 0 Å². The number of carbonyl (C=O) groups excluding carboxylic acids is 2. The molecule has 0 aliphatic rings. The number of phosphoric acid groups is 1. The highest BCUT2D eigenvalue weighted by atomic mass is 31.2. The minimum absolute atomic E-state index is 0.0306. The molecule has 0 heterocycles. The van der Waals surface area contributed by atoms with Crippen LogP contribution in [0.4, 0.5) is 0 Å². The minimum Gasteiger partial charge on any atom is -0.462 e. The molecule has 396 valence electrons. The van der Waals surface area contributed by atoms with Crippen LogP contribution in [-0.4, -0.2) is 49.3 Å². The number of ether oxygens (including phenoxy) is 2. The van der Waals surface area contributed by atoms with Gasteiger partial charge < -0.3 is 20.1 Å². The van der Waals surface area contributed by atoms with Crippen LogP contribution in [0.15, 0.2) is 170 Å². The summed E-state index contributed by atoms with van der Waals surface area (Å²) >= 11 is 0. The Balaban J connectivity index is 4.21. The van der Waals surface area contributed by atoms with Gasteiger partial charge in [0.2, 0.25) is 0 Å². The SMILES string of the molecule is CC/C=C\C/C=C\C/C=C\C/C=C\C/C=C\C/C=C\C/C=C\C/C=C\CCCCCCCCC(=O)OC(COC(=O)CC/C=C\C/C=C\C/C=C\C/C=C\C/C=C\C/C=C\CC)COP(=O)(O)OCCN. The van der Waals surface area contributed by atoms with Crippen molar-refractivity contribution in [1.29, 1.82) is 0 Å². The summed E-state index contributed by atoms with van der Waals surface area (Å²) in [5.74, 6) is -0.961. The van der Waals surface area contributed by atoms with Crippen LogP contribution >= 0.6 is 7.82 Å². The van der Waals surface area contributed by atoms with E-state index in [0.717, 1.165) is 128 Å². The van der Waals surface area contributed by atoms with Gasteiger partial charge in [-0.3, -0.25) is 18.6 Å². The standard InChI is InChI=1S/C61H94NO8P/c1-3-5-7-9-11-13-15-17-19-21-23-24-25-26-27-28-29-30-31-32-33-34-36-38-40-42-44-46-48-50-52-54-61(64)70-59(58-69-71(65,66)68-56-55-62)57-67-60(63)53-51-49-47-45-43-41-39-37-35-22-20-18-16-14-12-10-8-6-4-2/h5-8,11-14,17-20,23-24,26-27,29-30,32-33,35-38,41,43,47,49,59H,3-4,9-10,15-16,21-22,25,28,31,34,39-40,42,44-46,48,50-58,62H2,1-2H3,(H,65,66)/b7-5-,8-6-,13-11-,14-12-,19-17-,20-18-,24-23-,27-26-,30-29-,33-32-,37-35-,38-36-,43-41-,49-47-. The third-order valence-corrected chi connectivity index (χ3v) is 11.1. The van der Waals surface area contributed by atoms with Gasteiger partial charge in [0.1, 0.15) is 6.61 Å². The number of allylic oxidation sites excluding steroid dienone is 28. The van der Waals surface area contributed by atoms with Crippen molar-refractivity contribution < 1.29 is 37.6 Å². The second-order valence-corrected chi connectivity index (χ2v) is 18.1. The number of hydrogen-bond donors (Lipinski definition) is 2. The molecule has 0 bridgehead atoms. The summed E-state index contributed by atoms with van der Waals surface area (Å²) in [6.45, 7) is 3.37. The summed E-state index contributed by atoms with van der Waals surface area (Å²) in [5.41, 5.74) is 5.36. The van der Waals surface area contributed by atoms with E-state index in [-0.39, 0.29) is 32.6 Å². The van der Waals surface area contributed by atoms with Crippen LogP contribution in [0.1, 0.15) is 168 Å². The van der Waals surface area contributed by atoms with Crippen molar-refractivity contribution in [2.45, 2.75) is 174 Å². The second kappa shape index (κ2) is 54.7. The maximum absolute atomic E-state index is 12.7. The molecule has 0 aliphatic carbocycles. The summed E-state index contributed by atoms with van der Waals surface area (Å²) in [7, 11) is -4.42. The van der Waals surface area contributed by atoms with Crippen molar-refractivity contribution in [2.24, 2.45) is 5.73 Å². The van der Waals surface area contributed by atoms with E-state index in [9.17, 15) is 19.0 Å². The Bertz CT molecular complexity index is 1760. The Kier molecular flexibility index (Phi) is 51.1. The average Bonchev–Trinajstić information content (AvgIpc) is 3.36. The number of phosphoric ester groups is 1. The van der Waals surface area contributed by atoms with E-state index in [1.54, 1.807) is 0 Å². The van der Waals surface area contributed by atoms with Gasteiger partial charge in [-0.05, 0) is 116 Å². The molecular formula is C61H94NO8P. The van der Waals surface area contributed by atoms with E-state index in [1.165, 1.54) is 0 Å². The number of unbranched alkanes of at least 4 members (excludes halogenated alkanes) is 6. The van der Waals surface area contributed by atoms with Crippen LogP contribution < -0.4 is 5.73 Å². The zero-order valence-electron chi connectivity index (χ0n) is 43.9. The first-order valence-electron chi connectivity index (χ1n) is 26.6. The van der Waals surface area contributed by atoms with Crippen molar-refractivity contribution in [3.05, 3.63) is 170 Å². The fourth-order valence-electron chi connectivity index (χ4n) is 6.26. The van der Waals surface area contributed by atoms with Crippen LogP contribution in [0.3, 0.4) is 0 Å². The van der Waals surface area contributed by atoms with Gasteiger partial charge in [0.15, 0.2) is 6.10 Å². The van der Waals surface area contributed by atoms with Crippen LogP contribution in [0, 0.1) is 0 Å². The highest BCUT2D eigenvalue weighted by Gasteiger charge is 2.26. The molecule has 9 nitrogen and oxygen atoms in total. The molecule has 0 aromatic heterocycles. The molecule has 0 aliphatic heterocycles. The summed E-state index contributed by atoms with van der Waals surface area (Å²) in [4.78, 5) is 35.1. The second-order valence-electron chi connectivity index (χ2n) is 16.6. The lowest BCUT2D eigenvalue weighted by molar-refractivity contribution is -0.161. The number of carbonyl (C=O) groups is 2. The lowest BCUT2D eigenvalue weighted by atomic mass is 10.1. The first-order chi connectivity index (χ1) is 34.8. The smallest absolute Gasteiger partial charge is 0.462 e. The Morgan fingerprint density at radius 3 is 1.14 bits per heavy atom. The predicted octanol–water partition coefficient (Wildman–Crippen LogP) is 16.7. The molecule has 0 amide bonds. The third-order valence-electron chi connectivity index (χ3n) is 10.1. The van der Waals surface area contributed by atoms with Gasteiger partial charge in [-0.2, -0.15) is 0 Å². The number of rotatable bonds is 47. The predicted molar refractivity (Wildman–Crippen MR) is 302 cm³/mol. The van der Waals surface area contributed by atoms with Crippen LogP contribution in [0.2, 0.25) is 0 Å². The molecule has 0 saturated heterocycles. The maximum atomic E-state index is 12.7. The lowest BCUT2D eigenvalue weighted by Gasteiger charge is -2.19. The summed E-state index contributed by atoms with van der Waals surface area (Å²) in [5, 5.41) is 0. The van der Waals surface area contributed by atoms with Gasteiger partial charge in [0, 0.05) is 19.4 Å². The normalized spacial score (nSPS) is 14.5. The molecule has 0 rings (SSSR count). The van der Waals surface area contributed by atoms with Gasteiger partial charge in [-0.25, -0.2) is 4.57 Å². The van der Waals surface area contributed by atoms with Crippen LogP contribution in [-0.2, 0) is 32.7 Å². The zero-order chi connectivity index (χ0) is 51.7. The highest BCUT2D eigenvalue weighted by Crippen LogP contribution is 2.43. The molecule has 0 saturated carbocycles. The van der Waals surface area contributed by atoms with Gasteiger partial charge in [-0.15, -0.1) is 0 Å². The first kappa shape index (κ1) is 66.4. The quantitative estimate of drug-likeness (QED) is 0.0264. The van der Waals surface area contributed by atoms with E-state index in [1.807, 2.05) is 12.2 Å². The molecule has 0 spiro atoms. The molecule has 3 N–H and O–H groups in total. The lowest BCUT2D eigenvalue weighted by Crippen LogP contribution is -2.29. The molecular weight excluding hydrogens is 906 g/mol. The first-order valence-corrected chi connectivity index (χ1v) is 28.1. The maximum Gasteiger partial charge on any atom is 0.472 e. The van der Waals surface area contributed by atoms with Gasteiger partial charge in [0.05, 0.1) is 13.2 Å². The van der Waals surface area contributed by atoms with E-state index in [2.05, 4.69) is 172 Å². The summed E-state index contributed by atoms with van der Waals surface area (Å²) < 4.78 is 32.8. The summed E-state index contributed by atoms with van der Waals surface area (Å²) in [6.07, 6.45) is 81.2. The Morgan fingerprint density at radius 1 is 0.423 bits per heavy atom. The van der Waals surface area contributed by atoms with E-state index >= 15 is 0 Å². The Hall–Kier alpha value is -4.63. The van der Waals surface area contributed by atoms with Crippen LogP contribution in [0.25, 0.3) is 0 Å². The molecule has 71 heavy (non-hydrogen) atoms. The van der Waals surface area contributed by atoms with E-state index < -0.39 is 32.5 Å². The fraction of sp³-hybridized carbons (Fsp3) is 0.508. The molecule has 2 atom stereocenters. The van der Waals surface area contributed by atoms with Crippen molar-refractivity contribution >= 4 is 19.8 Å². The van der Waals surface area contributed by atoms with Crippen molar-refractivity contribution in [2.75, 3.05) is 26.4 Å². The zero-order valence-corrected chi connectivity index (χ0v) is 44.8. The molecule has 0 aromatic carbocycles.